The van der Waals surface area contributed by atoms with Gasteiger partial charge in [-0.25, -0.2) is 0 Å². The smallest absolute Gasteiger partial charge is 0.167 e. The van der Waals surface area contributed by atoms with Crippen molar-refractivity contribution in [1.82, 2.24) is 0 Å². The van der Waals surface area contributed by atoms with E-state index < -0.39 is 0 Å². The Hall–Kier alpha value is -1.89. The maximum absolute atomic E-state index is 12.4. The van der Waals surface area contributed by atoms with Gasteiger partial charge in [0.15, 0.2) is 5.78 Å². The quantitative estimate of drug-likeness (QED) is 0.726. The second-order valence-electron chi connectivity index (χ2n) is 5.28. The third-order valence-corrected chi connectivity index (χ3v) is 3.74. The van der Waals surface area contributed by atoms with Crippen LogP contribution in [0.5, 0.6) is 0 Å². The van der Waals surface area contributed by atoms with Crippen molar-refractivity contribution in [3.05, 3.63) is 70.3 Å². The van der Waals surface area contributed by atoms with Crippen LogP contribution in [-0.2, 0) is 19.3 Å². The molecule has 0 fully saturated rings. The van der Waals surface area contributed by atoms with E-state index in [1.54, 1.807) is 0 Å². The average Bonchev–Trinajstić information content (AvgIpc) is 2.46. The lowest BCUT2D eigenvalue weighted by Crippen LogP contribution is -2.05. The van der Waals surface area contributed by atoms with Crippen LogP contribution < -0.4 is 0 Å². The summed E-state index contributed by atoms with van der Waals surface area (Å²) in [5.74, 6) is 0.202. The Morgan fingerprint density at radius 2 is 1.70 bits per heavy atom. The minimum absolute atomic E-state index is 0.202. The normalized spacial score (nSPS) is 10.6. The fourth-order valence-electron chi connectivity index (χ4n) is 2.58. The summed E-state index contributed by atoms with van der Waals surface area (Å²) in [6.45, 7) is 6.35. The molecule has 20 heavy (non-hydrogen) atoms. The number of carbonyl (C=O) groups excluding carboxylic acids is 1. The molecule has 0 aliphatic carbocycles. The van der Waals surface area contributed by atoms with Gasteiger partial charge in [-0.3, -0.25) is 4.79 Å². The first-order chi connectivity index (χ1) is 9.63. The van der Waals surface area contributed by atoms with Crippen LogP contribution in [0.25, 0.3) is 0 Å². The maximum atomic E-state index is 12.4. The molecule has 0 radical (unpaired) electrons. The third-order valence-electron chi connectivity index (χ3n) is 3.74. The van der Waals surface area contributed by atoms with E-state index >= 15 is 0 Å². The Labute approximate surface area is 121 Å². The van der Waals surface area contributed by atoms with Crippen molar-refractivity contribution in [3.63, 3.8) is 0 Å². The molecule has 0 atom stereocenters. The van der Waals surface area contributed by atoms with Crippen LogP contribution in [0, 0.1) is 6.92 Å². The predicted octanol–water partition coefficient (Wildman–Crippen LogP) is 4.55. The summed E-state index contributed by atoms with van der Waals surface area (Å²) < 4.78 is 0. The second kappa shape index (κ2) is 6.51. The van der Waals surface area contributed by atoms with Gasteiger partial charge in [0.25, 0.3) is 0 Å². The highest BCUT2D eigenvalue weighted by molar-refractivity contribution is 5.97. The Kier molecular flexibility index (Phi) is 4.73. The van der Waals surface area contributed by atoms with E-state index in [1.165, 1.54) is 16.7 Å². The van der Waals surface area contributed by atoms with Gasteiger partial charge in [-0.05, 0) is 42.5 Å². The number of hydrogen-bond acceptors (Lipinski definition) is 1. The summed E-state index contributed by atoms with van der Waals surface area (Å²) in [7, 11) is 0. The van der Waals surface area contributed by atoms with Crippen LogP contribution in [0.2, 0.25) is 0 Å². The molecule has 1 nitrogen and oxygen atoms in total. The van der Waals surface area contributed by atoms with Crippen molar-refractivity contribution in [1.29, 1.82) is 0 Å². The van der Waals surface area contributed by atoms with E-state index in [0.29, 0.717) is 6.42 Å². The molecule has 104 valence electrons. The third kappa shape index (κ3) is 3.36. The van der Waals surface area contributed by atoms with Gasteiger partial charge in [0.05, 0.1) is 0 Å². The molecule has 1 heteroatoms. The van der Waals surface area contributed by atoms with Crippen molar-refractivity contribution in [2.24, 2.45) is 0 Å². The van der Waals surface area contributed by atoms with E-state index in [0.717, 1.165) is 24.0 Å². The molecular weight excluding hydrogens is 244 g/mol. The highest BCUT2D eigenvalue weighted by Crippen LogP contribution is 2.16. The topological polar surface area (TPSA) is 17.1 Å². The van der Waals surface area contributed by atoms with Crippen LogP contribution in [0.4, 0.5) is 0 Å². The number of ketones is 1. The second-order valence-corrected chi connectivity index (χ2v) is 5.28. The largest absolute Gasteiger partial charge is 0.294 e. The van der Waals surface area contributed by atoms with Crippen LogP contribution in [0.15, 0.2) is 42.5 Å². The summed E-state index contributed by atoms with van der Waals surface area (Å²) in [6.07, 6.45) is 2.49. The van der Waals surface area contributed by atoms with Crippen molar-refractivity contribution in [2.75, 3.05) is 0 Å². The first kappa shape index (κ1) is 14.5. The first-order valence-electron chi connectivity index (χ1n) is 7.34. The number of aryl methyl sites for hydroxylation is 3. The molecule has 0 spiro atoms. The first-order valence-corrected chi connectivity index (χ1v) is 7.34. The van der Waals surface area contributed by atoms with Crippen molar-refractivity contribution in [3.8, 4) is 0 Å². The maximum Gasteiger partial charge on any atom is 0.167 e. The van der Waals surface area contributed by atoms with Crippen LogP contribution >= 0.6 is 0 Å². The molecule has 0 heterocycles. The van der Waals surface area contributed by atoms with E-state index in [4.69, 9.17) is 0 Å². The lowest BCUT2D eigenvalue weighted by Gasteiger charge is -2.09. The molecule has 0 N–H and O–H groups in total. The Bertz CT molecular complexity index is 611. The molecule has 0 unspecified atom stereocenters. The zero-order valence-electron chi connectivity index (χ0n) is 12.6. The van der Waals surface area contributed by atoms with Crippen molar-refractivity contribution >= 4 is 5.78 Å². The molecule has 0 aliphatic rings. The monoisotopic (exact) mass is 266 g/mol. The number of Topliss-reactive ketones (excluding diaryl/α,β-unsaturated/α-hetero) is 1. The molecule has 0 bridgehead atoms. The molecule has 0 amide bonds. The lowest BCUT2D eigenvalue weighted by molar-refractivity contribution is 0.0993. The van der Waals surface area contributed by atoms with E-state index in [9.17, 15) is 4.79 Å². The van der Waals surface area contributed by atoms with Crippen molar-refractivity contribution in [2.45, 2.75) is 40.0 Å². The molecule has 0 saturated carbocycles. The molecule has 2 aromatic rings. The minimum Gasteiger partial charge on any atom is -0.294 e. The van der Waals surface area contributed by atoms with Gasteiger partial charge < -0.3 is 0 Å². The van der Waals surface area contributed by atoms with E-state index in [-0.39, 0.29) is 5.78 Å². The number of rotatable bonds is 5. The summed E-state index contributed by atoms with van der Waals surface area (Å²) in [5.41, 5.74) is 5.77. The van der Waals surface area contributed by atoms with Gasteiger partial charge in [0.2, 0.25) is 0 Å². The number of benzene rings is 2. The Morgan fingerprint density at radius 1 is 0.950 bits per heavy atom. The van der Waals surface area contributed by atoms with Gasteiger partial charge in [-0.1, -0.05) is 55.8 Å². The summed E-state index contributed by atoms with van der Waals surface area (Å²) in [4.78, 5) is 12.4. The lowest BCUT2D eigenvalue weighted by atomic mass is 9.96. The van der Waals surface area contributed by atoms with Gasteiger partial charge in [-0.2, -0.15) is 0 Å². The minimum atomic E-state index is 0.202. The van der Waals surface area contributed by atoms with E-state index in [1.807, 2.05) is 18.2 Å². The summed E-state index contributed by atoms with van der Waals surface area (Å²) in [6, 6.07) is 14.3. The predicted molar refractivity (Wildman–Crippen MR) is 84.4 cm³/mol. The number of carbonyl (C=O) groups is 1. The van der Waals surface area contributed by atoms with Crippen LogP contribution in [0.1, 0.15) is 46.5 Å². The van der Waals surface area contributed by atoms with Crippen molar-refractivity contribution < 1.29 is 4.79 Å². The highest BCUT2D eigenvalue weighted by Gasteiger charge is 2.09. The standard InChI is InChI=1S/C19H22O/c1-4-16-9-10-18(13-17(16)5-2)19(20)12-15-8-6-7-14(3)11-15/h6-11,13H,4-5,12H2,1-3H3. The summed E-state index contributed by atoms with van der Waals surface area (Å²) >= 11 is 0. The Balaban J connectivity index is 2.21. The molecule has 0 saturated heterocycles. The molecule has 2 aromatic carbocycles. The number of hydrogen-bond donors (Lipinski definition) is 0. The SMILES string of the molecule is CCc1ccc(C(=O)Cc2cccc(C)c2)cc1CC. The van der Waals surface area contributed by atoms with Crippen LogP contribution in [-0.4, -0.2) is 5.78 Å². The highest BCUT2D eigenvalue weighted by atomic mass is 16.1. The average molecular weight is 266 g/mol. The summed E-state index contributed by atoms with van der Waals surface area (Å²) in [5, 5.41) is 0. The van der Waals surface area contributed by atoms with Gasteiger partial charge in [0, 0.05) is 12.0 Å². The van der Waals surface area contributed by atoms with Crippen LogP contribution in [0.3, 0.4) is 0 Å². The zero-order valence-corrected chi connectivity index (χ0v) is 12.6. The molecule has 0 aliphatic heterocycles. The van der Waals surface area contributed by atoms with Gasteiger partial charge in [0.1, 0.15) is 0 Å². The molecular formula is C19H22O. The molecule has 0 aromatic heterocycles. The molecule has 2 rings (SSSR count). The zero-order chi connectivity index (χ0) is 14.5. The Morgan fingerprint density at radius 3 is 2.35 bits per heavy atom. The van der Waals surface area contributed by atoms with E-state index in [2.05, 4.69) is 45.0 Å². The van der Waals surface area contributed by atoms with Gasteiger partial charge >= 0.3 is 0 Å². The fourth-order valence-corrected chi connectivity index (χ4v) is 2.58. The van der Waals surface area contributed by atoms with Gasteiger partial charge in [-0.15, -0.1) is 0 Å². The fraction of sp³-hybridized carbons (Fsp3) is 0.316.